The molecule has 0 aliphatic heterocycles. The highest BCUT2D eigenvalue weighted by Gasteiger charge is 2.25. The molecule has 0 heterocycles. The van der Waals surface area contributed by atoms with E-state index < -0.39 is 10.8 Å². The first-order valence-corrected chi connectivity index (χ1v) is 7.48. The van der Waals surface area contributed by atoms with E-state index >= 15 is 0 Å². The van der Waals surface area contributed by atoms with E-state index in [0.29, 0.717) is 12.6 Å². The summed E-state index contributed by atoms with van der Waals surface area (Å²) in [4.78, 5) is 0. The maximum atomic E-state index is 11.9. The summed E-state index contributed by atoms with van der Waals surface area (Å²) in [6, 6.07) is 0.320. The fourth-order valence-electron chi connectivity index (χ4n) is 1.49. The van der Waals surface area contributed by atoms with Gasteiger partial charge in [0.15, 0.2) is 0 Å². The smallest absolute Gasteiger partial charge is 0.0471 e. The number of methoxy groups -OCH3 is 1. The average molecular weight is 249 g/mol. The predicted octanol–water partition coefficient (Wildman–Crippen LogP) is 1.80. The molecule has 4 heteroatoms. The number of hydrogen-bond donors (Lipinski definition) is 1. The summed E-state index contributed by atoms with van der Waals surface area (Å²) in [5, 5.41) is 3.42. The first kappa shape index (κ1) is 16.1. The number of rotatable bonds is 8. The van der Waals surface area contributed by atoms with Crippen LogP contribution in [0.1, 0.15) is 34.1 Å². The highest BCUT2D eigenvalue weighted by molar-refractivity contribution is 7.85. The minimum absolute atomic E-state index is 0.160. The molecule has 0 aromatic heterocycles. The Morgan fingerprint density at radius 3 is 2.44 bits per heavy atom. The molecule has 0 spiro atoms. The molecule has 2 atom stereocenters. The zero-order valence-corrected chi connectivity index (χ0v) is 12.2. The molecule has 16 heavy (non-hydrogen) atoms. The quantitative estimate of drug-likeness (QED) is 0.667. The normalized spacial score (nSPS) is 16.1. The van der Waals surface area contributed by atoms with Gasteiger partial charge in [0.05, 0.1) is 0 Å². The van der Waals surface area contributed by atoms with Crippen molar-refractivity contribution in [1.82, 2.24) is 5.32 Å². The van der Waals surface area contributed by atoms with Gasteiger partial charge in [-0.3, -0.25) is 4.21 Å². The maximum Gasteiger partial charge on any atom is 0.0471 e. The van der Waals surface area contributed by atoms with Crippen LogP contribution in [0.3, 0.4) is 0 Å². The summed E-state index contributed by atoms with van der Waals surface area (Å²) in [6.07, 6.45) is 0.881. The molecule has 0 radical (unpaired) electrons. The Bertz CT molecular complexity index is 202. The van der Waals surface area contributed by atoms with Gasteiger partial charge < -0.3 is 10.1 Å². The van der Waals surface area contributed by atoms with Gasteiger partial charge in [-0.15, -0.1) is 0 Å². The first-order valence-electron chi connectivity index (χ1n) is 5.99. The Morgan fingerprint density at radius 2 is 2.00 bits per heavy atom. The van der Waals surface area contributed by atoms with Gasteiger partial charge in [0.1, 0.15) is 0 Å². The van der Waals surface area contributed by atoms with Gasteiger partial charge >= 0.3 is 0 Å². The van der Waals surface area contributed by atoms with Crippen LogP contribution in [0.15, 0.2) is 0 Å². The van der Waals surface area contributed by atoms with Crippen molar-refractivity contribution in [1.29, 1.82) is 0 Å². The van der Waals surface area contributed by atoms with Crippen molar-refractivity contribution in [2.75, 3.05) is 31.8 Å². The van der Waals surface area contributed by atoms with Crippen LogP contribution in [0.4, 0.5) is 0 Å². The van der Waals surface area contributed by atoms with Crippen LogP contribution in [-0.4, -0.2) is 42.0 Å². The SMILES string of the molecule is CCNC(CS(=O)CCCOC)C(C)(C)C. The summed E-state index contributed by atoms with van der Waals surface area (Å²) in [5.41, 5.74) is 0.160. The first-order chi connectivity index (χ1) is 7.41. The Balaban J connectivity index is 4.04. The van der Waals surface area contributed by atoms with E-state index in [9.17, 15) is 4.21 Å². The number of nitrogens with one attached hydrogen (secondary N) is 1. The van der Waals surface area contributed by atoms with Crippen molar-refractivity contribution in [2.45, 2.75) is 40.2 Å². The molecule has 0 amide bonds. The zero-order chi connectivity index (χ0) is 12.6. The van der Waals surface area contributed by atoms with Crippen molar-refractivity contribution in [2.24, 2.45) is 5.41 Å². The van der Waals surface area contributed by atoms with Crippen LogP contribution >= 0.6 is 0 Å². The van der Waals surface area contributed by atoms with Crippen molar-refractivity contribution in [3.63, 3.8) is 0 Å². The summed E-state index contributed by atoms with van der Waals surface area (Å²) in [6.45, 7) is 10.3. The van der Waals surface area contributed by atoms with Gasteiger partial charge in [0.2, 0.25) is 0 Å². The Kier molecular flexibility index (Phi) is 8.24. The van der Waals surface area contributed by atoms with Crippen LogP contribution in [0.25, 0.3) is 0 Å². The van der Waals surface area contributed by atoms with Gasteiger partial charge in [-0.05, 0) is 18.4 Å². The second-order valence-electron chi connectivity index (χ2n) is 5.13. The molecule has 0 rings (SSSR count). The Morgan fingerprint density at radius 1 is 1.38 bits per heavy atom. The van der Waals surface area contributed by atoms with Crippen molar-refractivity contribution in [3.05, 3.63) is 0 Å². The van der Waals surface area contributed by atoms with E-state index in [1.165, 1.54) is 0 Å². The molecule has 0 bridgehead atoms. The minimum atomic E-state index is -0.742. The second-order valence-corrected chi connectivity index (χ2v) is 6.75. The predicted molar refractivity (Wildman–Crippen MR) is 71.3 cm³/mol. The van der Waals surface area contributed by atoms with Crippen LogP contribution < -0.4 is 5.32 Å². The van der Waals surface area contributed by atoms with E-state index in [1.807, 2.05) is 0 Å². The van der Waals surface area contributed by atoms with Gasteiger partial charge in [-0.1, -0.05) is 27.7 Å². The number of ether oxygens (including phenoxy) is 1. The molecule has 98 valence electrons. The molecule has 0 aliphatic rings. The third kappa shape index (κ3) is 7.36. The highest BCUT2D eigenvalue weighted by Crippen LogP contribution is 2.20. The minimum Gasteiger partial charge on any atom is -0.385 e. The van der Waals surface area contributed by atoms with E-state index in [4.69, 9.17) is 4.74 Å². The molecule has 2 unspecified atom stereocenters. The Hall–Kier alpha value is 0.0700. The second kappa shape index (κ2) is 8.20. The van der Waals surface area contributed by atoms with E-state index in [1.54, 1.807) is 7.11 Å². The molecular weight excluding hydrogens is 222 g/mol. The fraction of sp³-hybridized carbons (Fsp3) is 1.00. The van der Waals surface area contributed by atoms with Crippen LogP contribution in [0.5, 0.6) is 0 Å². The standard InChI is InChI=1S/C12H27NO2S/c1-6-13-11(12(2,3)4)10-16(14)9-7-8-15-5/h11,13H,6-10H2,1-5H3. The van der Waals surface area contributed by atoms with Crippen molar-refractivity contribution in [3.8, 4) is 0 Å². The lowest BCUT2D eigenvalue weighted by Crippen LogP contribution is -2.44. The van der Waals surface area contributed by atoms with E-state index in [2.05, 4.69) is 33.0 Å². The highest BCUT2D eigenvalue weighted by atomic mass is 32.2. The van der Waals surface area contributed by atoms with Gasteiger partial charge in [0.25, 0.3) is 0 Å². The largest absolute Gasteiger partial charge is 0.385 e. The zero-order valence-electron chi connectivity index (χ0n) is 11.3. The molecule has 0 saturated heterocycles. The van der Waals surface area contributed by atoms with Crippen LogP contribution in [0.2, 0.25) is 0 Å². The lowest BCUT2D eigenvalue weighted by molar-refractivity contribution is 0.200. The van der Waals surface area contributed by atoms with Crippen LogP contribution in [0, 0.1) is 5.41 Å². The maximum absolute atomic E-state index is 11.9. The molecule has 0 fully saturated rings. The molecule has 0 saturated carbocycles. The molecule has 1 N–H and O–H groups in total. The van der Waals surface area contributed by atoms with Crippen molar-refractivity contribution >= 4 is 10.8 Å². The molecular formula is C12H27NO2S. The summed E-state index contributed by atoms with van der Waals surface area (Å²) in [5.74, 6) is 1.48. The van der Waals surface area contributed by atoms with Gasteiger partial charge in [0, 0.05) is 42.1 Å². The van der Waals surface area contributed by atoms with E-state index in [0.717, 1.165) is 24.5 Å². The van der Waals surface area contributed by atoms with E-state index in [-0.39, 0.29) is 5.41 Å². The third-order valence-corrected chi connectivity index (χ3v) is 4.02. The fourth-order valence-corrected chi connectivity index (χ4v) is 3.09. The van der Waals surface area contributed by atoms with Crippen molar-refractivity contribution < 1.29 is 8.95 Å². The monoisotopic (exact) mass is 249 g/mol. The summed E-state index contributed by atoms with van der Waals surface area (Å²) >= 11 is 0. The van der Waals surface area contributed by atoms with Gasteiger partial charge in [-0.25, -0.2) is 0 Å². The topological polar surface area (TPSA) is 38.3 Å². The lowest BCUT2D eigenvalue weighted by atomic mass is 9.88. The third-order valence-electron chi connectivity index (χ3n) is 2.57. The van der Waals surface area contributed by atoms with Crippen LogP contribution in [-0.2, 0) is 15.5 Å². The summed E-state index contributed by atoms with van der Waals surface area (Å²) in [7, 11) is 0.938. The Labute approximate surface area is 103 Å². The summed E-state index contributed by atoms with van der Waals surface area (Å²) < 4.78 is 16.8. The number of hydrogen-bond acceptors (Lipinski definition) is 3. The average Bonchev–Trinajstić information content (AvgIpc) is 2.16. The molecule has 3 nitrogen and oxygen atoms in total. The van der Waals surface area contributed by atoms with Gasteiger partial charge in [-0.2, -0.15) is 0 Å². The lowest BCUT2D eigenvalue weighted by Gasteiger charge is -2.31. The molecule has 0 aromatic carbocycles. The molecule has 0 aliphatic carbocycles. The molecule has 0 aromatic rings.